The largest absolute Gasteiger partial charge is 0.394 e. The van der Waals surface area contributed by atoms with Gasteiger partial charge in [-0.2, -0.15) is 0 Å². The number of hydrogen-bond acceptors (Lipinski definition) is 10. The van der Waals surface area contributed by atoms with Crippen LogP contribution in [0.4, 0.5) is 0 Å². The molecule has 0 radical (unpaired) electrons. The van der Waals surface area contributed by atoms with Crippen LogP contribution in [0, 0.1) is 5.41 Å². The van der Waals surface area contributed by atoms with E-state index in [0.29, 0.717) is 0 Å². The quantitative estimate of drug-likeness (QED) is 0.261. The molecular weight excluding hydrogens is 352 g/mol. The van der Waals surface area contributed by atoms with Gasteiger partial charge in [-0.1, -0.05) is 20.8 Å². The molecule has 154 valence electrons. The van der Waals surface area contributed by atoms with Gasteiger partial charge in [0.05, 0.1) is 19.3 Å². The molecule has 0 spiro atoms. The van der Waals surface area contributed by atoms with Crippen LogP contribution in [0.1, 0.15) is 20.8 Å². The van der Waals surface area contributed by atoms with Crippen LogP contribution in [0.3, 0.4) is 0 Å². The van der Waals surface area contributed by atoms with Gasteiger partial charge >= 0.3 is 0 Å². The second kappa shape index (κ2) is 8.31. The van der Waals surface area contributed by atoms with Gasteiger partial charge in [-0.3, -0.25) is 0 Å². The van der Waals surface area contributed by atoms with Crippen LogP contribution in [0.5, 0.6) is 0 Å². The van der Waals surface area contributed by atoms with E-state index in [0.717, 1.165) is 0 Å². The molecule has 0 amide bonds. The third kappa shape index (κ3) is 4.20. The van der Waals surface area contributed by atoms with Crippen molar-refractivity contribution in [2.24, 2.45) is 5.41 Å². The van der Waals surface area contributed by atoms with Crippen molar-refractivity contribution in [3.63, 3.8) is 0 Å². The van der Waals surface area contributed by atoms with Gasteiger partial charge in [0, 0.05) is 0 Å². The molecule has 2 saturated heterocycles. The van der Waals surface area contributed by atoms with Crippen LogP contribution in [0.15, 0.2) is 0 Å². The van der Waals surface area contributed by atoms with Gasteiger partial charge in [-0.25, -0.2) is 0 Å². The van der Waals surface area contributed by atoms with Crippen molar-refractivity contribution in [2.75, 3.05) is 13.2 Å². The normalized spacial score (nSPS) is 47.8. The first-order chi connectivity index (χ1) is 12.0. The molecule has 2 fully saturated rings. The number of aliphatic hydroxyl groups excluding tert-OH is 7. The van der Waals surface area contributed by atoms with Gasteiger partial charge in [-0.15, -0.1) is 0 Å². The van der Waals surface area contributed by atoms with E-state index >= 15 is 0 Å². The Bertz CT molecular complexity index is 451. The summed E-state index contributed by atoms with van der Waals surface area (Å²) < 4.78 is 16.4. The van der Waals surface area contributed by atoms with E-state index in [1.165, 1.54) is 0 Å². The number of aliphatic hydroxyl groups is 7. The lowest BCUT2D eigenvalue weighted by atomic mass is 9.80. The summed E-state index contributed by atoms with van der Waals surface area (Å²) in [5.74, 6) is 0. The highest BCUT2D eigenvalue weighted by Gasteiger charge is 2.52. The maximum absolute atomic E-state index is 10.5. The molecule has 2 rings (SSSR count). The molecule has 0 unspecified atom stereocenters. The van der Waals surface area contributed by atoms with E-state index in [9.17, 15) is 35.7 Å². The van der Waals surface area contributed by atoms with Crippen LogP contribution in [0.25, 0.3) is 0 Å². The standard InChI is InChI=1S/C16H30O10/c1-16(2,3)14-11(22)10(21)13(7(5-18)24-14)26-15-12(23)9(20)8(19)6(4-17)25-15/h6-15,17-23H,4-5H2,1-3H3/t6-,7-,8+,9+,10-,11-,12-,13-,14-,15+/m1/s1. The van der Waals surface area contributed by atoms with Crippen LogP contribution in [0.2, 0.25) is 0 Å². The Morgan fingerprint density at radius 1 is 0.731 bits per heavy atom. The Labute approximate surface area is 151 Å². The predicted molar refractivity (Wildman–Crippen MR) is 85.9 cm³/mol. The molecule has 10 heteroatoms. The summed E-state index contributed by atoms with van der Waals surface area (Å²) in [6.45, 7) is 4.26. The van der Waals surface area contributed by atoms with Crippen LogP contribution >= 0.6 is 0 Å². The predicted octanol–water partition coefficient (Wildman–Crippen LogP) is -3.30. The van der Waals surface area contributed by atoms with Crippen molar-refractivity contribution in [2.45, 2.75) is 82.0 Å². The second-order valence-electron chi connectivity index (χ2n) is 7.92. The van der Waals surface area contributed by atoms with E-state index in [-0.39, 0.29) is 0 Å². The van der Waals surface area contributed by atoms with Gasteiger partial charge < -0.3 is 50.0 Å². The maximum Gasteiger partial charge on any atom is 0.187 e. The summed E-state index contributed by atoms with van der Waals surface area (Å²) >= 11 is 0. The minimum atomic E-state index is -1.67. The summed E-state index contributed by atoms with van der Waals surface area (Å²) in [6, 6.07) is 0. The lowest BCUT2D eigenvalue weighted by Crippen LogP contribution is -2.65. The molecule has 7 N–H and O–H groups in total. The molecule has 2 aliphatic heterocycles. The first-order valence-electron chi connectivity index (χ1n) is 8.61. The summed E-state index contributed by atoms with van der Waals surface area (Å²) in [5.41, 5.74) is -0.526. The molecule has 0 aliphatic carbocycles. The molecular formula is C16H30O10. The number of rotatable bonds is 4. The van der Waals surface area contributed by atoms with Gasteiger partial charge in [-0.05, 0) is 5.41 Å². The first kappa shape index (κ1) is 21.9. The van der Waals surface area contributed by atoms with E-state index in [1.807, 2.05) is 0 Å². The van der Waals surface area contributed by atoms with Crippen molar-refractivity contribution < 1.29 is 50.0 Å². The average molecular weight is 382 g/mol. The fraction of sp³-hybridized carbons (Fsp3) is 1.00. The molecule has 10 nitrogen and oxygen atoms in total. The first-order valence-corrected chi connectivity index (χ1v) is 8.61. The lowest BCUT2D eigenvalue weighted by molar-refractivity contribution is -0.345. The van der Waals surface area contributed by atoms with Crippen LogP contribution in [-0.4, -0.2) is 110 Å². The SMILES string of the molecule is CC(C)(C)[C@@H]1O[C@H](CO)[C@@H](O[C@@H]2O[C@H](CO)[C@H](O)[C@H](O)[C@H]2O)[C@H](O)[C@H]1O. The second-order valence-corrected chi connectivity index (χ2v) is 7.92. The summed E-state index contributed by atoms with van der Waals surface area (Å²) in [6.07, 6.45) is -13.4. The molecule has 0 saturated carbocycles. The van der Waals surface area contributed by atoms with E-state index in [2.05, 4.69) is 0 Å². The summed E-state index contributed by atoms with van der Waals surface area (Å²) in [4.78, 5) is 0. The van der Waals surface area contributed by atoms with Crippen LogP contribution < -0.4 is 0 Å². The number of hydrogen-bond donors (Lipinski definition) is 7. The molecule has 26 heavy (non-hydrogen) atoms. The zero-order valence-corrected chi connectivity index (χ0v) is 15.0. The van der Waals surface area contributed by atoms with Gasteiger partial charge in [0.15, 0.2) is 6.29 Å². The van der Waals surface area contributed by atoms with E-state index in [4.69, 9.17) is 14.2 Å². The van der Waals surface area contributed by atoms with Gasteiger partial charge in [0.2, 0.25) is 0 Å². The zero-order valence-electron chi connectivity index (χ0n) is 15.0. The Hall–Kier alpha value is -0.400. The maximum atomic E-state index is 10.5. The van der Waals surface area contributed by atoms with E-state index in [1.54, 1.807) is 20.8 Å². The van der Waals surface area contributed by atoms with Crippen molar-refractivity contribution in [1.29, 1.82) is 0 Å². The fourth-order valence-electron chi connectivity index (χ4n) is 3.31. The van der Waals surface area contributed by atoms with Crippen molar-refractivity contribution in [3.05, 3.63) is 0 Å². The lowest BCUT2D eigenvalue weighted by Gasteiger charge is -2.48. The third-order valence-electron chi connectivity index (χ3n) is 4.86. The Balaban J connectivity index is 2.16. The average Bonchev–Trinajstić information content (AvgIpc) is 2.58. The molecule has 0 aromatic rings. The van der Waals surface area contributed by atoms with E-state index < -0.39 is 79.9 Å². The summed E-state index contributed by atoms with van der Waals surface area (Å²) in [5, 5.41) is 69.3. The van der Waals surface area contributed by atoms with Crippen molar-refractivity contribution in [1.82, 2.24) is 0 Å². The molecule has 0 aromatic heterocycles. The van der Waals surface area contributed by atoms with Gasteiger partial charge in [0.1, 0.15) is 48.8 Å². The third-order valence-corrected chi connectivity index (χ3v) is 4.86. The summed E-state index contributed by atoms with van der Waals surface area (Å²) in [7, 11) is 0. The smallest absolute Gasteiger partial charge is 0.187 e. The molecule has 10 atom stereocenters. The Kier molecular flexibility index (Phi) is 7.00. The zero-order chi connectivity index (χ0) is 19.8. The van der Waals surface area contributed by atoms with Crippen LogP contribution in [-0.2, 0) is 14.2 Å². The Morgan fingerprint density at radius 3 is 1.81 bits per heavy atom. The number of ether oxygens (including phenoxy) is 3. The topological polar surface area (TPSA) is 169 Å². The molecule has 0 aromatic carbocycles. The highest BCUT2D eigenvalue weighted by Crippen LogP contribution is 2.35. The van der Waals surface area contributed by atoms with Crippen molar-refractivity contribution in [3.8, 4) is 0 Å². The van der Waals surface area contributed by atoms with Crippen molar-refractivity contribution >= 4 is 0 Å². The monoisotopic (exact) mass is 382 g/mol. The highest BCUT2D eigenvalue weighted by molar-refractivity contribution is 4.98. The molecule has 2 heterocycles. The molecule has 2 aliphatic rings. The van der Waals surface area contributed by atoms with Gasteiger partial charge in [0.25, 0.3) is 0 Å². The minimum absolute atomic E-state index is 0.526. The Morgan fingerprint density at radius 2 is 1.31 bits per heavy atom. The highest BCUT2D eigenvalue weighted by atomic mass is 16.7. The fourth-order valence-corrected chi connectivity index (χ4v) is 3.31. The molecule has 0 bridgehead atoms. The minimum Gasteiger partial charge on any atom is -0.394 e.